The predicted molar refractivity (Wildman–Crippen MR) is 86.6 cm³/mol. The summed E-state index contributed by atoms with van der Waals surface area (Å²) >= 11 is 1.78. The third-order valence-corrected chi connectivity index (χ3v) is 4.96. The summed E-state index contributed by atoms with van der Waals surface area (Å²) in [7, 11) is 1.76. The molecule has 0 aliphatic heterocycles. The molecule has 3 rings (SSSR count). The summed E-state index contributed by atoms with van der Waals surface area (Å²) in [4.78, 5) is 6.19. The maximum absolute atomic E-state index is 5.70. The first-order chi connectivity index (χ1) is 10.3. The number of benzene rings is 1. The lowest BCUT2D eigenvalue weighted by atomic mass is 10.1. The van der Waals surface area contributed by atoms with E-state index in [1.54, 1.807) is 18.4 Å². The number of rotatable bonds is 7. The van der Waals surface area contributed by atoms with Crippen LogP contribution in [-0.2, 0) is 17.7 Å². The van der Waals surface area contributed by atoms with Gasteiger partial charge in [0.2, 0.25) is 0 Å². The average Bonchev–Trinajstić information content (AvgIpc) is 3.27. The lowest BCUT2D eigenvalue weighted by Gasteiger charge is -2.12. The molecule has 2 aromatic rings. The van der Waals surface area contributed by atoms with Gasteiger partial charge < -0.3 is 10.1 Å². The first-order valence-electron chi connectivity index (χ1n) is 7.61. The van der Waals surface area contributed by atoms with Crippen LogP contribution in [0.15, 0.2) is 30.3 Å². The SMILES string of the molecule is CCc1nc(C(OC)c2ccccc2)sc1CNC1CC1. The van der Waals surface area contributed by atoms with Crippen LogP contribution in [0, 0.1) is 0 Å². The van der Waals surface area contributed by atoms with Crippen molar-refractivity contribution in [2.75, 3.05) is 7.11 Å². The van der Waals surface area contributed by atoms with E-state index in [1.807, 2.05) is 18.2 Å². The number of thiazole rings is 1. The molecule has 1 saturated carbocycles. The summed E-state index contributed by atoms with van der Waals surface area (Å²) in [5.74, 6) is 0. The standard InChI is InChI=1S/C17H22N2OS/c1-3-14-15(11-18-13-9-10-13)21-17(19-14)16(20-2)12-7-5-4-6-8-12/h4-8,13,16,18H,3,9-11H2,1-2H3. The summed E-state index contributed by atoms with van der Waals surface area (Å²) in [6.07, 6.45) is 3.55. The van der Waals surface area contributed by atoms with Gasteiger partial charge in [-0.05, 0) is 24.8 Å². The molecule has 0 saturated heterocycles. The Balaban J connectivity index is 1.82. The van der Waals surface area contributed by atoms with Crippen LogP contribution < -0.4 is 5.32 Å². The highest BCUT2D eigenvalue weighted by atomic mass is 32.1. The largest absolute Gasteiger partial charge is 0.370 e. The zero-order valence-electron chi connectivity index (χ0n) is 12.6. The van der Waals surface area contributed by atoms with E-state index in [0.717, 1.165) is 29.6 Å². The van der Waals surface area contributed by atoms with E-state index in [-0.39, 0.29) is 6.10 Å². The lowest BCUT2D eigenvalue weighted by molar-refractivity contribution is 0.136. The fourth-order valence-electron chi connectivity index (χ4n) is 2.46. The number of nitrogens with zero attached hydrogens (tertiary/aromatic N) is 1. The van der Waals surface area contributed by atoms with Gasteiger partial charge in [0.25, 0.3) is 0 Å². The van der Waals surface area contributed by atoms with E-state index in [1.165, 1.54) is 23.4 Å². The van der Waals surface area contributed by atoms with Crippen molar-refractivity contribution in [3.8, 4) is 0 Å². The molecule has 0 amide bonds. The predicted octanol–water partition coefficient (Wildman–Crippen LogP) is 3.69. The molecule has 1 aromatic heterocycles. The molecule has 3 nitrogen and oxygen atoms in total. The average molecular weight is 302 g/mol. The Bertz CT molecular complexity index is 578. The van der Waals surface area contributed by atoms with Crippen LogP contribution in [0.3, 0.4) is 0 Å². The van der Waals surface area contributed by atoms with E-state index in [4.69, 9.17) is 9.72 Å². The van der Waals surface area contributed by atoms with Gasteiger partial charge >= 0.3 is 0 Å². The monoisotopic (exact) mass is 302 g/mol. The number of ether oxygens (including phenoxy) is 1. The zero-order valence-corrected chi connectivity index (χ0v) is 13.5. The second kappa shape index (κ2) is 6.69. The van der Waals surface area contributed by atoms with Gasteiger partial charge in [-0.15, -0.1) is 11.3 Å². The third kappa shape index (κ3) is 3.51. The Kier molecular flexibility index (Phi) is 4.68. The van der Waals surface area contributed by atoms with Crippen molar-refractivity contribution in [1.29, 1.82) is 0 Å². The van der Waals surface area contributed by atoms with Crippen molar-refractivity contribution < 1.29 is 4.74 Å². The van der Waals surface area contributed by atoms with Crippen LogP contribution in [0.2, 0.25) is 0 Å². The molecule has 21 heavy (non-hydrogen) atoms. The molecule has 0 spiro atoms. The Labute approximate surface area is 130 Å². The normalized spacial score (nSPS) is 16.1. The molecule has 1 heterocycles. The molecular formula is C17H22N2OS. The van der Waals surface area contributed by atoms with E-state index < -0.39 is 0 Å². The Morgan fingerprint density at radius 2 is 2.10 bits per heavy atom. The fraction of sp³-hybridized carbons (Fsp3) is 0.471. The molecule has 4 heteroatoms. The van der Waals surface area contributed by atoms with Crippen LogP contribution in [0.5, 0.6) is 0 Å². The summed E-state index contributed by atoms with van der Waals surface area (Å²) in [6, 6.07) is 11.1. The smallest absolute Gasteiger partial charge is 0.134 e. The molecule has 1 atom stereocenters. The van der Waals surface area contributed by atoms with Gasteiger partial charge in [0.15, 0.2) is 0 Å². The van der Waals surface area contributed by atoms with E-state index in [9.17, 15) is 0 Å². The van der Waals surface area contributed by atoms with Crippen LogP contribution in [0.1, 0.15) is 47.0 Å². The van der Waals surface area contributed by atoms with Crippen LogP contribution in [-0.4, -0.2) is 18.1 Å². The van der Waals surface area contributed by atoms with Gasteiger partial charge in [-0.25, -0.2) is 4.98 Å². The summed E-state index contributed by atoms with van der Waals surface area (Å²) in [5, 5.41) is 4.65. The lowest BCUT2D eigenvalue weighted by Crippen LogP contribution is -2.15. The molecule has 0 radical (unpaired) electrons. The Morgan fingerprint density at radius 1 is 1.33 bits per heavy atom. The molecule has 1 fully saturated rings. The van der Waals surface area contributed by atoms with E-state index in [2.05, 4.69) is 24.4 Å². The molecule has 1 aliphatic rings. The number of aryl methyl sites for hydroxylation is 1. The minimum atomic E-state index is -0.0591. The minimum absolute atomic E-state index is 0.0591. The van der Waals surface area contributed by atoms with Crippen molar-refractivity contribution in [2.45, 2.75) is 44.9 Å². The summed E-state index contributed by atoms with van der Waals surface area (Å²) < 4.78 is 5.70. The van der Waals surface area contributed by atoms with Crippen LogP contribution in [0.25, 0.3) is 0 Å². The number of hydrogen-bond acceptors (Lipinski definition) is 4. The van der Waals surface area contributed by atoms with Crippen molar-refractivity contribution in [2.24, 2.45) is 0 Å². The number of hydrogen-bond donors (Lipinski definition) is 1. The number of aromatic nitrogens is 1. The van der Waals surface area contributed by atoms with Crippen LogP contribution >= 0.6 is 11.3 Å². The number of nitrogens with one attached hydrogen (secondary N) is 1. The number of methoxy groups -OCH3 is 1. The topological polar surface area (TPSA) is 34.1 Å². The summed E-state index contributed by atoms with van der Waals surface area (Å²) in [6.45, 7) is 3.11. The third-order valence-electron chi connectivity index (χ3n) is 3.82. The highest BCUT2D eigenvalue weighted by Gasteiger charge is 2.23. The van der Waals surface area contributed by atoms with E-state index in [0.29, 0.717) is 0 Å². The Morgan fingerprint density at radius 3 is 2.71 bits per heavy atom. The maximum atomic E-state index is 5.70. The van der Waals surface area contributed by atoms with Gasteiger partial charge in [-0.3, -0.25) is 0 Å². The van der Waals surface area contributed by atoms with Gasteiger partial charge in [0.1, 0.15) is 11.1 Å². The molecule has 1 N–H and O–H groups in total. The highest BCUT2D eigenvalue weighted by molar-refractivity contribution is 7.11. The highest BCUT2D eigenvalue weighted by Crippen LogP contribution is 2.31. The van der Waals surface area contributed by atoms with Gasteiger partial charge in [0.05, 0.1) is 5.69 Å². The quantitative estimate of drug-likeness (QED) is 0.847. The van der Waals surface area contributed by atoms with E-state index >= 15 is 0 Å². The Hall–Kier alpha value is -1.23. The fourth-order valence-corrected chi connectivity index (χ4v) is 3.67. The molecular weight excluding hydrogens is 280 g/mol. The second-order valence-electron chi connectivity index (χ2n) is 5.46. The molecule has 1 aliphatic carbocycles. The van der Waals surface area contributed by atoms with Gasteiger partial charge in [-0.1, -0.05) is 37.3 Å². The minimum Gasteiger partial charge on any atom is -0.370 e. The molecule has 0 bridgehead atoms. The van der Waals surface area contributed by atoms with Gasteiger partial charge in [-0.2, -0.15) is 0 Å². The molecule has 112 valence electrons. The van der Waals surface area contributed by atoms with Crippen molar-refractivity contribution in [1.82, 2.24) is 10.3 Å². The zero-order chi connectivity index (χ0) is 14.7. The van der Waals surface area contributed by atoms with Crippen LogP contribution in [0.4, 0.5) is 0 Å². The van der Waals surface area contributed by atoms with Crippen molar-refractivity contribution >= 4 is 11.3 Å². The van der Waals surface area contributed by atoms with Gasteiger partial charge in [0, 0.05) is 24.6 Å². The molecule has 1 unspecified atom stereocenters. The van der Waals surface area contributed by atoms with Crippen molar-refractivity contribution in [3.05, 3.63) is 51.5 Å². The van der Waals surface area contributed by atoms with Crippen molar-refractivity contribution in [3.63, 3.8) is 0 Å². The maximum Gasteiger partial charge on any atom is 0.134 e. The molecule has 1 aromatic carbocycles. The first kappa shape index (κ1) is 14.7. The second-order valence-corrected chi connectivity index (χ2v) is 6.57. The first-order valence-corrected chi connectivity index (χ1v) is 8.43. The summed E-state index contributed by atoms with van der Waals surface area (Å²) in [5.41, 5.74) is 2.37.